The summed E-state index contributed by atoms with van der Waals surface area (Å²) in [6.07, 6.45) is 6.88. The number of ether oxygens (including phenoxy) is 2. The predicted octanol–water partition coefficient (Wildman–Crippen LogP) is 6.02. The first-order valence-corrected chi connectivity index (χ1v) is 17.7. The Morgan fingerprint density at radius 2 is 1.81 bits per heavy atom. The van der Waals surface area contributed by atoms with Crippen molar-refractivity contribution < 1.29 is 24.2 Å². The summed E-state index contributed by atoms with van der Waals surface area (Å²) in [5.74, 6) is 2.95. The third-order valence-corrected chi connectivity index (χ3v) is 9.38. The summed E-state index contributed by atoms with van der Waals surface area (Å²) in [6, 6.07) is 21.7. The summed E-state index contributed by atoms with van der Waals surface area (Å²) >= 11 is 0. The van der Waals surface area contributed by atoms with Crippen molar-refractivity contribution in [3.8, 4) is 17.2 Å². The van der Waals surface area contributed by atoms with Crippen LogP contribution in [0.15, 0.2) is 72.9 Å². The number of amides is 2. The Labute approximate surface area is 303 Å². The molecule has 2 amide bonds. The Balaban J connectivity index is 0.00000150. The Morgan fingerprint density at radius 1 is 1.00 bits per heavy atom. The lowest BCUT2D eigenvalue weighted by molar-refractivity contribution is -0.122. The number of rotatable bonds is 10. The van der Waals surface area contributed by atoms with Gasteiger partial charge in [-0.05, 0) is 95.4 Å². The molecular formula is C38H47N9O5. The van der Waals surface area contributed by atoms with E-state index in [2.05, 4.69) is 54.8 Å². The maximum Gasteiger partial charge on any atom is 0.320 e. The largest absolute Gasteiger partial charge is 0.492 e. The van der Waals surface area contributed by atoms with Crippen LogP contribution >= 0.6 is 0 Å². The van der Waals surface area contributed by atoms with Gasteiger partial charge in [0.2, 0.25) is 5.95 Å². The van der Waals surface area contributed by atoms with E-state index in [4.69, 9.17) is 19.4 Å². The molecule has 4 heterocycles. The van der Waals surface area contributed by atoms with E-state index >= 15 is 0 Å². The van der Waals surface area contributed by atoms with E-state index in [9.17, 15) is 4.79 Å². The molecule has 0 bridgehead atoms. The van der Waals surface area contributed by atoms with Gasteiger partial charge in [0.1, 0.15) is 30.0 Å². The Kier molecular flexibility index (Phi) is 11.5. The van der Waals surface area contributed by atoms with Crippen molar-refractivity contribution in [2.75, 3.05) is 44.0 Å². The number of fused-ring (bicyclic) bond motifs is 2. The number of carbonyl (C=O) groups is 2. The zero-order valence-corrected chi connectivity index (χ0v) is 30.1. The summed E-state index contributed by atoms with van der Waals surface area (Å²) in [5, 5.41) is 26.7. The fourth-order valence-corrected chi connectivity index (χ4v) is 6.85. The van der Waals surface area contributed by atoms with Gasteiger partial charge in [0.25, 0.3) is 6.47 Å². The molecule has 2 aromatic carbocycles. The molecule has 52 heavy (non-hydrogen) atoms. The number of carboxylic acid groups (broad SMARTS) is 1. The number of nitrogens with one attached hydrogen (secondary N) is 2. The number of benzene rings is 2. The molecule has 0 unspecified atom stereocenters. The molecule has 1 aliphatic heterocycles. The molecule has 2 aliphatic rings. The number of aromatic nitrogens is 5. The van der Waals surface area contributed by atoms with Gasteiger partial charge in [-0.1, -0.05) is 30.3 Å². The highest BCUT2D eigenvalue weighted by Crippen LogP contribution is 2.39. The quantitative estimate of drug-likeness (QED) is 0.147. The molecule has 1 saturated heterocycles. The van der Waals surface area contributed by atoms with E-state index in [1.807, 2.05) is 86.2 Å². The molecule has 1 aliphatic carbocycles. The van der Waals surface area contributed by atoms with Crippen LogP contribution in [0, 0.1) is 6.92 Å². The second-order valence-corrected chi connectivity index (χ2v) is 13.4. The van der Waals surface area contributed by atoms with E-state index in [0.29, 0.717) is 18.5 Å². The first kappa shape index (κ1) is 36.2. The number of piperidine rings is 1. The van der Waals surface area contributed by atoms with Crippen LogP contribution in [0.1, 0.15) is 68.0 Å². The van der Waals surface area contributed by atoms with Gasteiger partial charge in [0.05, 0.1) is 23.6 Å². The topological polar surface area (TPSA) is 151 Å². The molecule has 1 fully saturated rings. The van der Waals surface area contributed by atoms with Crippen LogP contribution in [0.5, 0.6) is 11.5 Å². The molecule has 7 rings (SSSR count). The third kappa shape index (κ3) is 8.45. The number of anilines is 2. The Bertz CT molecular complexity index is 1980. The van der Waals surface area contributed by atoms with Crippen LogP contribution in [0.4, 0.5) is 16.6 Å². The molecule has 5 aromatic rings. The summed E-state index contributed by atoms with van der Waals surface area (Å²) < 4.78 is 16.4. The summed E-state index contributed by atoms with van der Waals surface area (Å²) in [6.45, 7) is 6.28. The average molecular weight is 710 g/mol. The molecule has 3 aromatic heterocycles. The smallest absolute Gasteiger partial charge is 0.320 e. The highest BCUT2D eigenvalue weighted by Gasteiger charge is 2.30. The molecule has 0 spiro atoms. The summed E-state index contributed by atoms with van der Waals surface area (Å²) in [7, 11) is 4.03. The number of carbonyl (C=O) groups excluding carboxylic acids is 1. The predicted molar refractivity (Wildman–Crippen MR) is 199 cm³/mol. The lowest BCUT2D eigenvalue weighted by Crippen LogP contribution is -2.38. The SMILES string of the molecule is Cc1cc(NC(=O)N[C@H]2CC[C@@H](Oc3ccc4nnc(N5CCCC[C@@H]5C)n4c3)c3ccccc32)n(-c2cccc(OCCN(C)C)c2)n1.O=CO. The number of urea groups is 1. The number of nitrogens with zero attached hydrogens (tertiary/aromatic N) is 7. The fraction of sp³-hybridized carbons (Fsp3) is 0.395. The second-order valence-electron chi connectivity index (χ2n) is 13.4. The van der Waals surface area contributed by atoms with E-state index in [1.165, 1.54) is 6.42 Å². The molecule has 3 atom stereocenters. The Hall–Kier alpha value is -5.63. The number of pyridine rings is 1. The van der Waals surface area contributed by atoms with Crippen molar-refractivity contribution in [1.29, 1.82) is 0 Å². The molecule has 0 saturated carbocycles. The first-order valence-electron chi connectivity index (χ1n) is 17.7. The van der Waals surface area contributed by atoms with Crippen molar-refractivity contribution in [1.82, 2.24) is 34.6 Å². The van der Waals surface area contributed by atoms with Crippen LogP contribution in [0.3, 0.4) is 0 Å². The maximum atomic E-state index is 13.5. The molecule has 14 heteroatoms. The summed E-state index contributed by atoms with van der Waals surface area (Å²) in [4.78, 5) is 26.3. The van der Waals surface area contributed by atoms with Crippen molar-refractivity contribution in [3.63, 3.8) is 0 Å². The van der Waals surface area contributed by atoms with E-state index in [0.717, 1.165) is 84.4 Å². The highest BCUT2D eigenvalue weighted by molar-refractivity contribution is 5.89. The molecule has 0 radical (unpaired) electrons. The minimum atomic E-state index is -0.295. The third-order valence-electron chi connectivity index (χ3n) is 9.38. The zero-order chi connectivity index (χ0) is 36.6. The highest BCUT2D eigenvalue weighted by atomic mass is 16.5. The molecule has 3 N–H and O–H groups in total. The van der Waals surface area contributed by atoms with Crippen LogP contribution in [0.2, 0.25) is 0 Å². The lowest BCUT2D eigenvalue weighted by Gasteiger charge is -2.33. The minimum Gasteiger partial charge on any atom is -0.492 e. The van der Waals surface area contributed by atoms with Crippen LogP contribution in [-0.4, -0.2) is 86.7 Å². The van der Waals surface area contributed by atoms with Crippen LogP contribution in [0.25, 0.3) is 11.3 Å². The molecular weight excluding hydrogens is 662 g/mol. The monoisotopic (exact) mass is 709 g/mol. The number of aryl methyl sites for hydroxylation is 1. The second kappa shape index (κ2) is 16.6. The van der Waals surface area contributed by atoms with Gasteiger partial charge in [-0.2, -0.15) is 5.10 Å². The van der Waals surface area contributed by atoms with Crippen molar-refractivity contribution in [2.45, 2.75) is 64.1 Å². The van der Waals surface area contributed by atoms with Gasteiger partial charge in [-0.25, -0.2) is 9.48 Å². The lowest BCUT2D eigenvalue weighted by atomic mass is 9.85. The van der Waals surface area contributed by atoms with E-state index in [-0.39, 0.29) is 24.6 Å². The van der Waals surface area contributed by atoms with Crippen molar-refractivity contribution in [3.05, 3.63) is 89.7 Å². The zero-order valence-electron chi connectivity index (χ0n) is 30.1. The van der Waals surface area contributed by atoms with Crippen LogP contribution < -0.4 is 25.0 Å². The van der Waals surface area contributed by atoms with E-state index < -0.39 is 0 Å². The molecule has 14 nitrogen and oxygen atoms in total. The van der Waals surface area contributed by atoms with Gasteiger partial charge in [-0.15, -0.1) is 10.2 Å². The molecule has 274 valence electrons. The minimum absolute atomic E-state index is 0.153. The van der Waals surface area contributed by atoms with Gasteiger partial charge >= 0.3 is 6.03 Å². The van der Waals surface area contributed by atoms with Gasteiger partial charge in [0.15, 0.2) is 5.65 Å². The maximum absolute atomic E-state index is 13.5. The Morgan fingerprint density at radius 3 is 2.60 bits per heavy atom. The number of hydrogen-bond acceptors (Lipinski definition) is 9. The average Bonchev–Trinajstić information content (AvgIpc) is 3.72. The van der Waals surface area contributed by atoms with Gasteiger partial charge in [-0.3, -0.25) is 14.5 Å². The van der Waals surface area contributed by atoms with E-state index in [1.54, 1.807) is 4.68 Å². The standard InChI is InChI=1S/C37H45N9O3.CH2O2/c1-25-22-35(46(42-25)27-11-9-12-28(23-27)48-21-20-43(3)4)39-36(47)38-32-16-17-33(31-14-6-5-13-30(31)32)49-29-15-18-34-40-41-37(45(34)24-29)44-19-8-7-10-26(44)2;2-1-3/h5-6,9,11-15,18,22-24,26,32-33H,7-8,10,16-17,19-21H2,1-4H3,(H2,38,39,47);1H,(H,2,3)/t26-,32-,33+;/m0./s1. The van der Waals surface area contributed by atoms with Crippen LogP contribution in [-0.2, 0) is 4.79 Å². The summed E-state index contributed by atoms with van der Waals surface area (Å²) in [5.41, 5.74) is 4.52. The number of hydrogen-bond donors (Lipinski definition) is 3. The van der Waals surface area contributed by atoms with Gasteiger partial charge in [0, 0.05) is 31.3 Å². The van der Waals surface area contributed by atoms with Gasteiger partial charge < -0.3 is 29.7 Å². The number of likely N-dealkylation sites (N-methyl/N-ethyl adjacent to an activating group) is 1. The van der Waals surface area contributed by atoms with Crippen molar-refractivity contribution >= 4 is 29.9 Å². The normalized spacial score (nSPS) is 18.2. The fourth-order valence-electron chi connectivity index (χ4n) is 6.85. The van der Waals surface area contributed by atoms with Crippen molar-refractivity contribution in [2.24, 2.45) is 0 Å². The first-order chi connectivity index (χ1) is 25.2.